The Kier molecular flexibility index (Phi) is 5.38. The number of hydrogen-bond donors (Lipinski definition) is 1. The fourth-order valence-corrected chi connectivity index (χ4v) is 4.62. The Hall–Kier alpha value is -3.43. The van der Waals surface area contributed by atoms with Gasteiger partial charge in [-0.05, 0) is 37.3 Å². The van der Waals surface area contributed by atoms with Gasteiger partial charge in [0.1, 0.15) is 16.2 Å². The van der Waals surface area contributed by atoms with E-state index in [9.17, 15) is 13.2 Å². The van der Waals surface area contributed by atoms with Crippen LogP contribution in [0.3, 0.4) is 0 Å². The SMILES string of the molecule is COc1ncc(-c2ccc3ncc(C)c(=O)n3c2)cc1NS(=O)(=O)c1ccccc1Cl. The van der Waals surface area contributed by atoms with E-state index in [0.717, 1.165) is 0 Å². The Morgan fingerprint density at radius 3 is 2.58 bits per heavy atom. The van der Waals surface area contributed by atoms with Gasteiger partial charge in [0, 0.05) is 35.3 Å². The molecule has 0 aliphatic carbocycles. The zero-order valence-corrected chi connectivity index (χ0v) is 18.1. The normalized spacial score (nSPS) is 11.5. The highest BCUT2D eigenvalue weighted by Crippen LogP contribution is 2.31. The van der Waals surface area contributed by atoms with E-state index in [1.165, 1.54) is 36.0 Å². The van der Waals surface area contributed by atoms with E-state index < -0.39 is 10.0 Å². The van der Waals surface area contributed by atoms with Crippen LogP contribution in [0, 0.1) is 6.92 Å². The van der Waals surface area contributed by atoms with Crippen LogP contribution in [0.5, 0.6) is 5.88 Å². The molecule has 10 heteroatoms. The summed E-state index contributed by atoms with van der Waals surface area (Å²) in [5.41, 5.74) is 2.18. The van der Waals surface area contributed by atoms with Crippen LogP contribution in [0.15, 0.2) is 70.7 Å². The van der Waals surface area contributed by atoms with Gasteiger partial charge in [-0.25, -0.2) is 18.4 Å². The van der Waals surface area contributed by atoms with E-state index in [-0.39, 0.29) is 27.0 Å². The van der Waals surface area contributed by atoms with Gasteiger partial charge >= 0.3 is 0 Å². The van der Waals surface area contributed by atoms with Crippen LogP contribution in [0.2, 0.25) is 5.02 Å². The molecule has 0 bridgehead atoms. The number of sulfonamides is 1. The van der Waals surface area contributed by atoms with Gasteiger partial charge in [-0.3, -0.25) is 13.9 Å². The Labute approximate surface area is 183 Å². The van der Waals surface area contributed by atoms with Crippen LogP contribution in [0.25, 0.3) is 16.8 Å². The lowest BCUT2D eigenvalue weighted by atomic mass is 10.1. The summed E-state index contributed by atoms with van der Waals surface area (Å²) >= 11 is 6.05. The minimum Gasteiger partial charge on any atom is -0.480 e. The minimum absolute atomic E-state index is 0.0667. The highest BCUT2D eigenvalue weighted by atomic mass is 35.5. The molecule has 0 fully saturated rings. The molecule has 158 valence electrons. The number of nitrogens with zero attached hydrogens (tertiary/aromatic N) is 3. The lowest BCUT2D eigenvalue weighted by molar-refractivity contribution is 0.400. The summed E-state index contributed by atoms with van der Waals surface area (Å²) in [5.74, 6) is 0.0924. The standard InChI is InChI=1S/C21H17ClN4O4S/c1-13-10-23-19-8-7-14(12-26(19)21(13)27)15-9-17(20(30-2)24-11-15)25-31(28,29)18-6-4-3-5-16(18)22/h3-12,25H,1-2H3. The molecule has 0 amide bonds. The minimum atomic E-state index is -3.99. The number of rotatable bonds is 5. The second-order valence-corrected chi connectivity index (χ2v) is 8.77. The molecule has 0 saturated heterocycles. The number of benzene rings is 1. The first-order valence-corrected chi connectivity index (χ1v) is 11.0. The number of anilines is 1. The first kappa shape index (κ1) is 20.8. The van der Waals surface area contributed by atoms with E-state index >= 15 is 0 Å². The molecule has 3 heterocycles. The first-order chi connectivity index (χ1) is 14.8. The van der Waals surface area contributed by atoms with Crippen molar-refractivity contribution in [2.24, 2.45) is 0 Å². The highest BCUT2D eigenvalue weighted by molar-refractivity contribution is 7.92. The summed E-state index contributed by atoms with van der Waals surface area (Å²) < 4.78 is 34.9. The van der Waals surface area contributed by atoms with Crippen molar-refractivity contribution in [2.45, 2.75) is 11.8 Å². The van der Waals surface area contributed by atoms with Gasteiger partial charge in [0.15, 0.2) is 0 Å². The van der Waals surface area contributed by atoms with Crippen LogP contribution in [0.1, 0.15) is 5.56 Å². The average Bonchev–Trinajstić information content (AvgIpc) is 2.76. The molecule has 0 atom stereocenters. The maximum absolute atomic E-state index is 12.9. The molecule has 0 radical (unpaired) electrons. The number of aromatic nitrogens is 3. The first-order valence-electron chi connectivity index (χ1n) is 9.10. The molecule has 3 aromatic heterocycles. The number of nitrogens with one attached hydrogen (secondary N) is 1. The predicted octanol–water partition coefficient (Wildman–Crippen LogP) is 3.53. The monoisotopic (exact) mass is 456 g/mol. The molecule has 1 aromatic carbocycles. The maximum atomic E-state index is 12.9. The molecule has 0 saturated carbocycles. The maximum Gasteiger partial charge on any atom is 0.263 e. The summed E-state index contributed by atoms with van der Waals surface area (Å²) in [7, 11) is -2.60. The van der Waals surface area contributed by atoms with Crippen molar-refractivity contribution in [3.05, 3.63) is 82.0 Å². The Morgan fingerprint density at radius 2 is 1.84 bits per heavy atom. The van der Waals surface area contributed by atoms with Crippen LogP contribution in [-0.4, -0.2) is 29.9 Å². The van der Waals surface area contributed by atoms with Gasteiger partial charge in [-0.2, -0.15) is 0 Å². The molecular weight excluding hydrogens is 440 g/mol. The molecule has 31 heavy (non-hydrogen) atoms. The summed E-state index contributed by atoms with van der Waals surface area (Å²) in [6.45, 7) is 1.69. The number of methoxy groups -OCH3 is 1. The van der Waals surface area contributed by atoms with Crippen molar-refractivity contribution in [3.8, 4) is 17.0 Å². The molecule has 0 aliphatic heterocycles. The zero-order chi connectivity index (χ0) is 22.2. The van der Waals surface area contributed by atoms with Crippen molar-refractivity contribution in [1.82, 2.24) is 14.4 Å². The Morgan fingerprint density at radius 1 is 1.06 bits per heavy atom. The summed E-state index contributed by atoms with van der Waals surface area (Å²) in [4.78, 5) is 20.8. The number of halogens is 1. The Bertz CT molecular complexity index is 1470. The summed E-state index contributed by atoms with van der Waals surface area (Å²) in [6.07, 6.45) is 4.68. The number of aryl methyl sites for hydroxylation is 1. The molecule has 0 spiro atoms. The van der Waals surface area contributed by atoms with E-state index in [1.807, 2.05) is 0 Å². The van der Waals surface area contributed by atoms with E-state index in [2.05, 4.69) is 14.7 Å². The topological polar surface area (TPSA) is 103 Å². The lowest BCUT2D eigenvalue weighted by Crippen LogP contribution is -2.17. The largest absolute Gasteiger partial charge is 0.480 e. The molecule has 0 aliphatic rings. The van der Waals surface area contributed by atoms with Crippen molar-refractivity contribution in [2.75, 3.05) is 11.8 Å². The number of fused-ring (bicyclic) bond motifs is 1. The molecule has 1 N–H and O–H groups in total. The summed E-state index contributed by atoms with van der Waals surface area (Å²) in [5, 5.41) is 0.0925. The fraction of sp³-hybridized carbons (Fsp3) is 0.0952. The second-order valence-electron chi connectivity index (χ2n) is 6.71. The van der Waals surface area contributed by atoms with Crippen LogP contribution in [-0.2, 0) is 10.0 Å². The molecule has 8 nitrogen and oxygen atoms in total. The van der Waals surface area contributed by atoms with Crippen LogP contribution < -0.4 is 15.0 Å². The van der Waals surface area contributed by atoms with Crippen molar-refractivity contribution in [3.63, 3.8) is 0 Å². The van der Waals surface area contributed by atoms with Gasteiger partial charge < -0.3 is 4.74 Å². The second kappa shape index (κ2) is 8.01. The fourth-order valence-electron chi connectivity index (χ4n) is 3.05. The number of ether oxygens (including phenoxy) is 1. The molecular formula is C21H17ClN4O4S. The van der Waals surface area contributed by atoms with Gasteiger partial charge in [0.05, 0.1) is 12.1 Å². The average molecular weight is 457 g/mol. The smallest absolute Gasteiger partial charge is 0.263 e. The van der Waals surface area contributed by atoms with Gasteiger partial charge in [0.2, 0.25) is 5.88 Å². The lowest BCUT2D eigenvalue weighted by Gasteiger charge is -2.13. The van der Waals surface area contributed by atoms with Crippen LogP contribution >= 0.6 is 11.6 Å². The zero-order valence-electron chi connectivity index (χ0n) is 16.5. The molecule has 4 aromatic rings. The third-order valence-electron chi connectivity index (χ3n) is 4.62. The van der Waals surface area contributed by atoms with Crippen molar-refractivity contribution in [1.29, 1.82) is 0 Å². The van der Waals surface area contributed by atoms with Crippen molar-refractivity contribution < 1.29 is 13.2 Å². The predicted molar refractivity (Wildman–Crippen MR) is 118 cm³/mol. The van der Waals surface area contributed by atoms with Gasteiger partial charge in [-0.1, -0.05) is 23.7 Å². The highest BCUT2D eigenvalue weighted by Gasteiger charge is 2.20. The van der Waals surface area contributed by atoms with Gasteiger partial charge in [0.25, 0.3) is 15.6 Å². The third kappa shape index (κ3) is 3.97. The van der Waals surface area contributed by atoms with Gasteiger partial charge in [-0.15, -0.1) is 0 Å². The quantitative estimate of drug-likeness (QED) is 0.493. The molecule has 0 unspecified atom stereocenters. The molecule has 4 rings (SSSR count). The van der Waals surface area contributed by atoms with E-state index in [4.69, 9.17) is 16.3 Å². The van der Waals surface area contributed by atoms with E-state index in [1.54, 1.807) is 43.5 Å². The summed E-state index contributed by atoms with van der Waals surface area (Å²) in [6, 6.07) is 11.2. The third-order valence-corrected chi connectivity index (χ3v) is 6.49. The number of hydrogen-bond acceptors (Lipinski definition) is 6. The van der Waals surface area contributed by atoms with E-state index in [0.29, 0.717) is 22.3 Å². The van der Waals surface area contributed by atoms with Crippen molar-refractivity contribution >= 4 is 33.0 Å². The number of pyridine rings is 2. The van der Waals surface area contributed by atoms with Crippen LogP contribution in [0.4, 0.5) is 5.69 Å². The Balaban J connectivity index is 1.80.